The van der Waals surface area contributed by atoms with Crippen molar-refractivity contribution in [3.8, 4) is 0 Å². The zero-order valence-electron chi connectivity index (χ0n) is 10.9. The minimum absolute atomic E-state index is 0.123. The predicted octanol–water partition coefficient (Wildman–Crippen LogP) is 3.30. The first kappa shape index (κ1) is 12.6. The second kappa shape index (κ2) is 4.41. The number of hydrogen-bond donors (Lipinski definition) is 1. The molecule has 1 N–H and O–H groups in total. The summed E-state index contributed by atoms with van der Waals surface area (Å²) in [6, 6.07) is 8.06. The number of fused-ring (bicyclic) bond motifs is 1. The Hall–Kier alpha value is -1.90. The maximum atomic E-state index is 10.9. The summed E-state index contributed by atoms with van der Waals surface area (Å²) < 4.78 is 0. The summed E-state index contributed by atoms with van der Waals surface area (Å²) in [5, 5.41) is 11.2. The van der Waals surface area contributed by atoms with Crippen LogP contribution in [0, 0.1) is 6.92 Å². The van der Waals surface area contributed by atoms with Crippen LogP contribution in [0.4, 0.5) is 0 Å². The van der Waals surface area contributed by atoms with E-state index in [-0.39, 0.29) is 11.8 Å². The van der Waals surface area contributed by atoms with Crippen LogP contribution in [-0.2, 0) is 10.2 Å². The normalized spacial score (nSPS) is 11.7. The third kappa shape index (κ3) is 2.35. The van der Waals surface area contributed by atoms with Crippen LogP contribution in [0.1, 0.15) is 31.5 Å². The van der Waals surface area contributed by atoms with Crippen molar-refractivity contribution >= 4 is 16.7 Å². The van der Waals surface area contributed by atoms with E-state index in [0.717, 1.165) is 22.0 Å². The first-order valence-electron chi connectivity index (χ1n) is 5.98. The highest BCUT2D eigenvalue weighted by atomic mass is 16.4. The van der Waals surface area contributed by atoms with Gasteiger partial charge in [-0.15, -0.1) is 0 Å². The molecule has 0 aliphatic rings. The lowest BCUT2D eigenvalue weighted by Crippen LogP contribution is -2.21. The van der Waals surface area contributed by atoms with Crippen molar-refractivity contribution in [1.82, 2.24) is 4.98 Å². The van der Waals surface area contributed by atoms with Crippen LogP contribution in [-0.4, -0.2) is 16.1 Å². The maximum Gasteiger partial charge on any atom is 0.304 e. The highest BCUT2D eigenvalue weighted by Crippen LogP contribution is 2.30. The molecule has 0 amide bonds. The van der Waals surface area contributed by atoms with Gasteiger partial charge < -0.3 is 5.11 Å². The smallest absolute Gasteiger partial charge is 0.304 e. The van der Waals surface area contributed by atoms with E-state index in [0.29, 0.717) is 0 Å². The number of aryl methyl sites for hydroxylation is 1. The molecule has 1 aromatic carbocycles. The minimum Gasteiger partial charge on any atom is -0.481 e. The number of carboxylic acid groups (broad SMARTS) is 1. The van der Waals surface area contributed by atoms with Crippen molar-refractivity contribution in [3.05, 3.63) is 41.7 Å². The molecule has 0 fully saturated rings. The number of nitrogens with zero attached hydrogens (tertiary/aromatic N) is 1. The summed E-state index contributed by atoms with van der Waals surface area (Å²) in [4.78, 5) is 15.2. The van der Waals surface area contributed by atoms with Gasteiger partial charge in [0.05, 0.1) is 6.42 Å². The second-order valence-electron chi connectivity index (χ2n) is 5.29. The average Bonchev–Trinajstić information content (AvgIpc) is 2.27. The Morgan fingerprint density at radius 1 is 1.33 bits per heavy atom. The van der Waals surface area contributed by atoms with Crippen LogP contribution >= 0.6 is 0 Å². The molecule has 18 heavy (non-hydrogen) atoms. The van der Waals surface area contributed by atoms with Gasteiger partial charge in [0.25, 0.3) is 0 Å². The molecule has 2 aromatic rings. The molecule has 3 heteroatoms. The van der Waals surface area contributed by atoms with E-state index in [1.54, 1.807) is 6.20 Å². The predicted molar refractivity (Wildman–Crippen MR) is 71.8 cm³/mol. The largest absolute Gasteiger partial charge is 0.481 e. The van der Waals surface area contributed by atoms with Gasteiger partial charge in [-0.05, 0) is 30.0 Å². The molecule has 0 unspecified atom stereocenters. The highest BCUT2D eigenvalue weighted by molar-refractivity contribution is 5.85. The molecular formula is C15H17NO2. The molecule has 0 aliphatic carbocycles. The number of rotatable bonds is 3. The summed E-state index contributed by atoms with van der Waals surface area (Å²) in [6.07, 6.45) is 1.91. The Labute approximate surface area is 106 Å². The second-order valence-corrected chi connectivity index (χ2v) is 5.29. The summed E-state index contributed by atoms with van der Waals surface area (Å²) >= 11 is 0. The van der Waals surface area contributed by atoms with Crippen LogP contribution in [0.5, 0.6) is 0 Å². The summed E-state index contributed by atoms with van der Waals surface area (Å²) in [7, 11) is 0. The first-order valence-corrected chi connectivity index (χ1v) is 5.98. The first-order chi connectivity index (χ1) is 8.40. The molecule has 0 bridgehead atoms. The van der Waals surface area contributed by atoms with E-state index in [1.165, 1.54) is 0 Å². The van der Waals surface area contributed by atoms with E-state index < -0.39 is 5.97 Å². The molecular weight excluding hydrogens is 226 g/mol. The molecule has 0 saturated carbocycles. The van der Waals surface area contributed by atoms with Crippen molar-refractivity contribution in [2.24, 2.45) is 0 Å². The number of aromatic nitrogens is 1. The van der Waals surface area contributed by atoms with Crippen molar-refractivity contribution < 1.29 is 9.90 Å². The van der Waals surface area contributed by atoms with Crippen LogP contribution in [0.3, 0.4) is 0 Å². The van der Waals surface area contributed by atoms with Gasteiger partial charge in [-0.2, -0.15) is 0 Å². The van der Waals surface area contributed by atoms with Crippen molar-refractivity contribution in [2.45, 2.75) is 32.6 Å². The lowest BCUT2D eigenvalue weighted by atomic mass is 9.81. The summed E-state index contributed by atoms with van der Waals surface area (Å²) in [6.45, 7) is 5.87. The third-order valence-electron chi connectivity index (χ3n) is 3.34. The van der Waals surface area contributed by atoms with Crippen molar-refractivity contribution in [3.63, 3.8) is 0 Å². The number of benzene rings is 1. The monoisotopic (exact) mass is 243 g/mol. The zero-order valence-corrected chi connectivity index (χ0v) is 10.9. The fourth-order valence-electron chi connectivity index (χ4n) is 2.21. The molecule has 3 nitrogen and oxygen atoms in total. The molecule has 1 heterocycles. The highest BCUT2D eigenvalue weighted by Gasteiger charge is 2.24. The quantitative estimate of drug-likeness (QED) is 0.899. The van der Waals surface area contributed by atoms with Gasteiger partial charge in [0.2, 0.25) is 0 Å². The van der Waals surface area contributed by atoms with Gasteiger partial charge in [-0.3, -0.25) is 9.78 Å². The SMILES string of the molecule is Cc1nccc2ccc(C(C)(C)CC(=O)O)cc12. The van der Waals surface area contributed by atoms with Crippen molar-refractivity contribution in [1.29, 1.82) is 0 Å². The Bertz CT molecular complexity index is 602. The average molecular weight is 243 g/mol. The Balaban J connectivity index is 2.53. The van der Waals surface area contributed by atoms with Crippen LogP contribution in [0.2, 0.25) is 0 Å². The molecule has 2 rings (SSSR count). The topological polar surface area (TPSA) is 50.2 Å². The van der Waals surface area contributed by atoms with E-state index in [2.05, 4.69) is 11.1 Å². The van der Waals surface area contributed by atoms with Crippen molar-refractivity contribution in [2.75, 3.05) is 0 Å². The van der Waals surface area contributed by atoms with Gasteiger partial charge in [-0.25, -0.2) is 0 Å². The lowest BCUT2D eigenvalue weighted by molar-refractivity contribution is -0.138. The lowest BCUT2D eigenvalue weighted by Gasteiger charge is -2.23. The molecule has 0 spiro atoms. The minimum atomic E-state index is -0.775. The number of hydrogen-bond acceptors (Lipinski definition) is 2. The maximum absolute atomic E-state index is 10.9. The third-order valence-corrected chi connectivity index (χ3v) is 3.34. The van der Waals surface area contributed by atoms with E-state index in [1.807, 2.05) is 39.0 Å². The Kier molecular flexibility index (Phi) is 3.07. The Morgan fingerprint density at radius 2 is 2.06 bits per heavy atom. The molecule has 1 aromatic heterocycles. The van der Waals surface area contributed by atoms with Gasteiger partial charge >= 0.3 is 5.97 Å². The number of aliphatic carboxylic acids is 1. The van der Waals surface area contributed by atoms with Gasteiger partial charge in [0, 0.05) is 22.7 Å². The van der Waals surface area contributed by atoms with E-state index in [9.17, 15) is 4.79 Å². The fraction of sp³-hybridized carbons (Fsp3) is 0.333. The van der Waals surface area contributed by atoms with E-state index >= 15 is 0 Å². The number of carbonyl (C=O) groups is 1. The molecule has 94 valence electrons. The number of pyridine rings is 1. The van der Waals surface area contributed by atoms with E-state index in [4.69, 9.17) is 5.11 Å². The summed E-state index contributed by atoms with van der Waals surface area (Å²) in [5.74, 6) is -0.775. The van der Waals surface area contributed by atoms with Crippen LogP contribution in [0.15, 0.2) is 30.5 Å². The molecule has 0 saturated heterocycles. The van der Waals surface area contributed by atoms with Crippen LogP contribution in [0.25, 0.3) is 10.8 Å². The van der Waals surface area contributed by atoms with Gasteiger partial charge in [0.1, 0.15) is 0 Å². The van der Waals surface area contributed by atoms with Gasteiger partial charge in [-0.1, -0.05) is 26.0 Å². The molecule has 0 atom stereocenters. The Morgan fingerprint density at radius 3 is 2.72 bits per heavy atom. The molecule has 0 radical (unpaired) electrons. The fourth-order valence-corrected chi connectivity index (χ4v) is 2.21. The summed E-state index contributed by atoms with van der Waals surface area (Å²) in [5.41, 5.74) is 1.64. The van der Waals surface area contributed by atoms with Gasteiger partial charge in [0.15, 0.2) is 0 Å². The number of carboxylic acids is 1. The molecule has 0 aliphatic heterocycles. The zero-order chi connectivity index (χ0) is 13.3. The standard InChI is InChI=1S/C15H17NO2/c1-10-13-8-12(15(2,3)9-14(17)18)5-4-11(13)6-7-16-10/h4-8H,9H2,1-3H3,(H,17,18). The van der Waals surface area contributed by atoms with Crippen LogP contribution < -0.4 is 0 Å².